The molecule has 1 aromatic rings. The second-order valence-corrected chi connectivity index (χ2v) is 8.39. The molecule has 5 nitrogen and oxygen atoms in total. The summed E-state index contributed by atoms with van der Waals surface area (Å²) in [5, 5.41) is 3.60. The van der Waals surface area contributed by atoms with Crippen molar-refractivity contribution in [1.29, 1.82) is 0 Å². The molecule has 5 heteroatoms. The van der Waals surface area contributed by atoms with Crippen LogP contribution < -0.4 is 5.32 Å². The molecule has 0 bridgehead atoms. The van der Waals surface area contributed by atoms with Gasteiger partial charge in [0, 0.05) is 17.6 Å². The van der Waals surface area contributed by atoms with E-state index in [0.717, 1.165) is 31.5 Å². The number of carbonyl (C=O) groups excluding carboxylic acids is 2. The van der Waals surface area contributed by atoms with Crippen molar-refractivity contribution in [2.24, 2.45) is 0 Å². The number of anilines is 1. The number of benzene rings is 1. The third kappa shape index (κ3) is 1.91. The summed E-state index contributed by atoms with van der Waals surface area (Å²) in [7, 11) is 0. The summed E-state index contributed by atoms with van der Waals surface area (Å²) in [6.45, 7) is 4.94. The van der Waals surface area contributed by atoms with E-state index >= 15 is 0 Å². The summed E-state index contributed by atoms with van der Waals surface area (Å²) in [4.78, 5) is 30.2. The molecular weight excluding hydrogens is 326 g/mol. The fraction of sp³-hybridized carbons (Fsp3) is 0.524. The number of hydrogen-bond acceptors (Lipinski definition) is 3. The maximum absolute atomic E-state index is 13.3. The Morgan fingerprint density at radius 3 is 2.85 bits per heavy atom. The average Bonchev–Trinajstić information content (AvgIpc) is 3.29. The van der Waals surface area contributed by atoms with Crippen molar-refractivity contribution in [3.8, 4) is 0 Å². The van der Waals surface area contributed by atoms with Gasteiger partial charge in [-0.15, -0.1) is 0 Å². The van der Waals surface area contributed by atoms with E-state index in [2.05, 4.69) is 43.4 Å². The summed E-state index contributed by atoms with van der Waals surface area (Å²) in [5.41, 5.74) is 3.40. The highest BCUT2D eigenvalue weighted by atomic mass is 16.2. The molecule has 3 fully saturated rings. The molecule has 4 atom stereocenters. The molecule has 0 aliphatic carbocycles. The number of para-hydroxylation sites is 1. The number of rotatable bonds is 2. The van der Waals surface area contributed by atoms with Gasteiger partial charge in [-0.1, -0.05) is 29.8 Å². The first-order valence-electron chi connectivity index (χ1n) is 9.65. The zero-order valence-corrected chi connectivity index (χ0v) is 15.4. The van der Waals surface area contributed by atoms with E-state index < -0.39 is 0 Å². The van der Waals surface area contributed by atoms with E-state index in [9.17, 15) is 9.59 Å². The van der Waals surface area contributed by atoms with Gasteiger partial charge >= 0.3 is 0 Å². The van der Waals surface area contributed by atoms with Crippen LogP contribution in [-0.4, -0.2) is 46.4 Å². The van der Waals surface area contributed by atoms with E-state index in [1.807, 2.05) is 15.9 Å². The van der Waals surface area contributed by atoms with Crippen molar-refractivity contribution in [2.45, 2.75) is 63.2 Å². The number of nitrogens with one attached hydrogen (secondary N) is 1. The summed E-state index contributed by atoms with van der Waals surface area (Å²) in [6.07, 6.45) is 5.42. The van der Waals surface area contributed by atoms with Crippen LogP contribution in [0.3, 0.4) is 0 Å². The molecule has 0 spiro atoms. The first-order valence-corrected chi connectivity index (χ1v) is 9.65. The topological polar surface area (TPSA) is 52.7 Å². The fourth-order valence-corrected chi connectivity index (χ4v) is 5.49. The monoisotopic (exact) mass is 351 g/mol. The second kappa shape index (κ2) is 5.35. The van der Waals surface area contributed by atoms with Gasteiger partial charge in [-0.3, -0.25) is 9.59 Å². The predicted molar refractivity (Wildman–Crippen MR) is 99.6 cm³/mol. The lowest BCUT2D eigenvalue weighted by Gasteiger charge is -2.41. The third-order valence-electron chi connectivity index (χ3n) is 6.69. The van der Waals surface area contributed by atoms with Gasteiger partial charge in [0.05, 0.1) is 0 Å². The van der Waals surface area contributed by atoms with Crippen LogP contribution in [0.5, 0.6) is 0 Å². The summed E-state index contributed by atoms with van der Waals surface area (Å²) >= 11 is 0. The molecule has 0 saturated carbocycles. The minimum Gasteiger partial charge on any atom is -0.364 e. The van der Waals surface area contributed by atoms with Gasteiger partial charge in [0.1, 0.15) is 18.2 Å². The summed E-state index contributed by atoms with van der Waals surface area (Å²) in [6, 6.07) is 7.77. The number of allylic oxidation sites excluding steroid dienone is 2. The smallest absolute Gasteiger partial charge is 0.247 e. The zero-order chi connectivity index (χ0) is 18.1. The van der Waals surface area contributed by atoms with Gasteiger partial charge in [-0.05, 0) is 51.2 Å². The zero-order valence-electron chi connectivity index (χ0n) is 15.4. The Balaban J connectivity index is 1.62. The van der Waals surface area contributed by atoms with Crippen molar-refractivity contribution in [3.05, 3.63) is 41.5 Å². The van der Waals surface area contributed by atoms with Crippen LogP contribution in [0.2, 0.25) is 0 Å². The highest BCUT2D eigenvalue weighted by molar-refractivity contribution is 5.99. The largest absolute Gasteiger partial charge is 0.364 e. The Hall–Kier alpha value is -2.30. The van der Waals surface area contributed by atoms with Crippen molar-refractivity contribution in [3.63, 3.8) is 0 Å². The van der Waals surface area contributed by atoms with E-state index in [0.29, 0.717) is 6.42 Å². The molecule has 3 saturated heterocycles. The van der Waals surface area contributed by atoms with Crippen molar-refractivity contribution >= 4 is 17.5 Å². The first-order chi connectivity index (χ1) is 12.5. The Bertz CT molecular complexity index is 828. The van der Waals surface area contributed by atoms with Crippen LogP contribution in [0.4, 0.5) is 5.69 Å². The summed E-state index contributed by atoms with van der Waals surface area (Å²) in [5.74, 6) is 0.286. The number of fused-ring (bicyclic) bond motifs is 6. The normalized spacial score (nSPS) is 34.2. The van der Waals surface area contributed by atoms with Gasteiger partial charge < -0.3 is 15.1 Å². The molecule has 26 heavy (non-hydrogen) atoms. The Morgan fingerprint density at radius 1 is 1.23 bits per heavy atom. The molecule has 0 unspecified atom stereocenters. The minimum atomic E-state index is -0.326. The lowest BCUT2D eigenvalue weighted by atomic mass is 9.75. The van der Waals surface area contributed by atoms with Crippen LogP contribution in [0.25, 0.3) is 0 Å². The lowest BCUT2D eigenvalue weighted by Crippen LogP contribution is -2.63. The number of carbonyl (C=O) groups is 2. The number of piperazine rings is 1. The van der Waals surface area contributed by atoms with Crippen molar-refractivity contribution < 1.29 is 9.59 Å². The SMILES string of the molecule is CC(C)=CC[C@]12C[C@@H]3C(=O)N4CCC[C@@H]4C(=O)N3[C@H]1Nc1ccccc12. The molecule has 0 aromatic heterocycles. The molecule has 4 heterocycles. The van der Waals surface area contributed by atoms with Crippen molar-refractivity contribution in [2.75, 3.05) is 11.9 Å². The highest BCUT2D eigenvalue weighted by Crippen LogP contribution is 2.55. The van der Waals surface area contributed by atoms with Gasteiger partial charge in [0.2, 0.25) is 11.8 Å². The molecule has 2 amide bonds. The highest BCUT2D eigenvalue weighted by Gasteiger charge is 2.64. The maximum atomic E-state index is 13.3. The maximum Gasteiger partial charge on any atom is 0.247 e. The second-order valence-electron chi connectivity index (χ2n) is 8.39. The van der Waals surface area contributed by atoms with Crippen LogP contribution in [-0.2, 0) is 15.0 Å². The van der Waals surface area contributed by atoms with Gasteiger partial charge in [0.15, 0.2) is 0 Å². The van der Waals surface area contributed by atoms with Crippen LogP contribution >= 0.6 is 0 Å². The third-order valence-corrected chi connectivity index (χ3v) is 6.69. The van der Waals surface area contributed by atoms with Crippen molar-refractivity contribution in [1.82, 2.24) is 9.80 Å². The van der Waals surface area contributed by atoms with Gasteiger partial charge in [-0.2, -0.15) is 0 Å². The van der Waals surface area contributed by atoms with Gasteiger partial charge in [0.25, 0.3) is 0 Å². The van der Waals surface area contributed by atoms with Crippen LogP contribution in [0, 0.1) is 0 Å². The quantitative estimate of drug-likeness (QED) is 0.834. The number of hydrogen-bond donors (Lipinski definition) is 1. The van der Waals surface area contributed by atoms with E-state index in [1.165, 1.54) is 11.1 Å². The van der Waals surface area contributed by atoms with E-state index in [4.69, 9.17) is 0 Å². The molecule has 1 aromatic carbocycles. The van der Waals surface area contributed by atoms with Gasteiger partial charge in [-0.25, -0.2) is 0 Å². The Labute approximate surface area is 154 Å². The minimum absolute atomic E-state index is 0.125. The molecule has 0 radical (unpaired) electrons. The fourth-order valence-electron chi connectivity index (χ4n) is 5.49. The molecule has 4 aliphatic rings. The number of nitrogens with zero attached hydrogens (tertiary/aromatic N) is 2. The first kappa shape index (κ1) is 15.9. The molecule has 4 aliphatic heterocycles. The van der Waals surface area contributed by atoms with Crippen LogP contribution in [0.1, 0.15) is 45.1 Å². The predicted octanol–water partition coefficient (Wildman–Crippen LogP) is 2.64. The lowest BCUT2D eigenvalue weighted by molar-refractivity contribution is -0.158. The average molecular weight is 351 g/mol. The van der Waals surface area contributed by atoms with E-state index in [-0.39, 0.29) is 35.5 Å². The van der Waals surface area contributed by atoms with Crippen LogP contribution in [0.15, 0.2) is 35.9 Å². The van der Waals surface area contributed by atoms with E-state index in [1.54, 1.807) is 0 Å². The Morgan fingerprint density at radius 2 is 2.04 bits per heavy atom. The number of amides is 2. The molecular formula is C21H25N3O2. The summed E-state index contributed by atoms with van der Waals surface area (Å²) < 4.78 is 0. The standard InChI is InChI=1S/C21H25N3O2/c1-13(2)9-10-21-12-17-18(25)23-11-5-8-16(23)19(26)24(17)20(21)22-15-7-4-3-6-14(15)21/h3-4,6-7,9,16-17,20,22H,5,8,10-12H2,1-2H3/t16-,17-,20-,21-/m1/s1. The molecule has 136 valence electrons. The molecule has 1 N–H and O–H groups in total. The molecule has 5 rings (SSSR count). The Kier molecular flexibility index (Phi) is 3.27.